The topological polar surface area (TPSA) is 6.48 Å². The Balaban J connectivity index is 0.00000231. The highest BCUT2D eigenvalue weighted by Gasteiger charge is 2.28. The van der Waals surface area contributed by atoms with Crippen LogP contribution in [0.4, 0.5) is 0 Å². The first kappa shape index (κ1) is 22.1. The van der Waals surface area contributed by atoms with Crippen molar-refractivity contribution in [1.29, 1.82) is 0 Å². The van der Waals surface area contributed by atoms with Crippen LogP contribution in [-0.4, -0.2) is 37.0 Å². The Morgan fingerprint density at radius 3 is 1.45 bits per heavy atom. The molecule has 162 valence electrons. The van der Waals surface area contributed by atoms with Crippen molar-refractivity contribution in [1.82, 2.24) is 9.80 Å². The summed E-state index contributed by atoms with van der Waals surface area (Å²) < 4.78 is 0. The summed E-state index contributed by atoms with van der Waals surface area (Å²) in [5.41, 5.74) is 9.09. The number of hydrogen-bond donors (Lipinski definition) is 0. The average molecular weight is 433 g/mol. The van der Waals surface area contributed by atoms with Gasteiger partial charge in [0.25, 0.3) is 0 Å². The van der Waals surface area contributed by atoms with Crippen molar-refractivity contribution in [3.8, 4) is 0 Å². The smallest absolute Gasteiger partial charge is 0.0388 e. The molecule has 3 aromatic rings. The molecule has 0 aliphatic carbocycles. The van der Waals surface area contributed by atoms with Gasteiger partial charge in [0, 0.05) is 25.2 Å². The van der Waals surface area contributed by atoms with Crippen molar-refractivity contribution in [3.05, 3.63) is 106 Å². The molecule has 3 heteroatoms. The van der Waals surface area contributed by atoms with E-state index >= 15 is 0 Å². The van der Waals surface area contributed by atoms with Crippen molar-refractivity contribution in [3.63, 3.8) is 0 Å². The summed E-state index contributed by atoms with van der Waals surface area (Å²) in [5.74, 6) is 0. The van der Waals surface area contributed by atoms with E-state index in [1.54, 1.807) is 0 Å². The lowest BCUT2D eigenvalue weighted by Gasteiger charge is -2.37. The largest absolute Gasteiger partial charge is 0.299 e. The molecule has 5 rings (SSSR count). The van der Waals surface area contributed by atoms with Crippen LogP contribution in [0.5, 0.6) is 0 Å². The van der Waals surface area contributed by atoms with E-state index in [4.69, 9.17) is 0 Å². The summed E-state index contributed by atoms with van der Waals surface area (Å²) >= 11 is 0. The second-order valence-electron chi connectivity index (χ2n) is 9.07. The molecule has 0 aromatic heterocycles. The zero-order valence-electron chi connectivity index (χ0n) is 18.6. The normalized spacial score (nSPS) is 21.1. The molecule has 0 spiro atoms. The summed E-state index contributed by atoms with van der Waals surface area (Å²) in [4.78, 5) is 5.09. The molecule has 2 nitrogen and oxygen atoms in total. The summed E-state index contributed by atoms with van der Waals surface area (Å²) in [5, 5.41) is 0. The predicted molar refractivity (Wildman–Crippen MR) is 132 cm³/mol. The number of fused-ring (bicyclic) bond motifs is 2. The van der Waals surface area contributed by atoms with E-state index in [2.05, 4.69) is 96.7 Å². The third-order valence-electron chi connectivity index (χ3n) is 7.30. The predicted octanol–water partition coefficient (Wildman–Crippen LogP) is 5.65. The third kappa shape index (κ3) is 4.43. The molecule has 0 saturated heterocycles. The molecule has 2 aliphatic rings. The van der Waals surface area contributed by atoms with E-state index in [1.807, 2.05) is 0 Å². The Morgan fingerprint density at radius 2 is 1.00 bits per heavy atom. The fourth-order valence-corrected chi connectivity index (χ4v) is 5.46. The fraction of sp³-hybridized carbons (Fsp3) is 0.357. The summed E-state index contributed by atoms with van der Waals surface area (Å²) in [6.45, 7) is 2.28. The number of benzene rings is 3. The third-order valence-corrected chi connectivity index (χ3v) is 7.30. The van der Waals surface area contributed by atoms with Gasteiger partial charge in [0.1, 0.15) is 0 Å². The first-order valence-electron chi connectivity index (χ1n) is 11.3. The Kier molecular flexibility index (Phi) is 6.81. The zero-order valence-corrected chi connectivity index (χ0v) is 19.4. The van der Waals surface area contributed by atoms with Crippen LogP contribution in [0.1, 0.15) is 45.5 Å². The zero-order chi connectivity index (χ0) is 20.5. The van der Waals surface area contributed by atoms with E-state index < -0.39 is 0 Å². The van der Waals surface area contributed by atoms with Crippen LogP contribution in [0.15, 0.2) is 72.8 Å². The number of likely N-dealkylation sites (N-methyl/N-ethyl adjacent to an activating group) is 2. The SMILES string of the molecule is CN1CCc2ccccc2C1Cc1ccccc1CC1c2ccccc2CCN1C.Cl. The molecule has 2 atom stereocenters. The number of rotatable bonds is 4. The molecule has 0 amide bonds. The molecule has 2 aliphatic heterocycles. The quantitative estimate of drug-likeness (QED) is 0.525. The number of hydrogen-bond acceptors (Lipinski definition) is 2. The summed E-state index contributed by atoms with van der Waals surface area (Å²) in [7, 11) is 4.57. The van der Waals surface area contributed by atoms with Crippen LogP contribution in [0.3, 0.4) is 0 Å². The maximum absolute atomic E-state index is 2.54. The fourth-order valence-electron chi connectivity index (χ4n) is 5.46. The first-order valence-corrected chi connectivity index (χ1v) is 11.3. The van der Waals surface area contributed by atoms with Gasteiger partial charge in [-0.2, -0.15) is 0 Å². The lowest BCUT2D eigenvalue weighted by Crippen LogP contribution is -2.34. The van der Waals surface area contributed by atoms with Gasteiger partial charge in [-0.1, -0.05) is 72.8 Å². The van der Waals surface area contributed by atoms with Gasteiger partial charge in [-0.15, -0.1) is 12.4 Å². The molecule has 0 fully saturated rings. The van der Waals surface area contributed by atoms with Gasteiger partial charge < -0.3 is 0 Å². The van der Waals surface area contributed by atoms with E-state index in [0.29, 0.717) is 12.1 Å². The standard InChI is InChI=1S/C28H32N2.ClH/c1-29-17-15-21-9-5-7-13-25(21)27(29)19-23-11-3-4-12-24(23)20-28-26-14-8-6-10-22(26)16-18-30(28)2;/h3-14,27-28H,15-20H2,1-2H3;1H. The Hall–Kier alpha value is -2.13. The van der Waals surface area contributed by atoms with E-state index in [9.17, 15) is 0 Å². The van der Waals surface area contributed by atoms with Crippen molar-refractivity contribution >= 4 is 12.4 Å². The lowest BCUT2D eigenvalue weighted by atomic mass is 9.85. The lowest BCUT2D eigenvalue weighted by molar-refractivity contribution is 0.223. The van der Waals surface area contributed by atoms with Crippen molar-refractivity contribution in [2.24, 2.45) is 0 Å². The molecular formula is C28H33ClN2. The first-order chi connectivity index (χ1) is 14.7. The van der Waals surface area contributed by atoms with Gasteiger partial charge in [0.2, 0.25) is 0 Å². The van der Waals surface area contributed by atoms with Crippen molar-refractivity contribution in [2.45, 2.75) is 37.8 Å². The van der Waals surface area contributed by atoms with Gasteiger partial charge in [-0.05, 0) is 73.2 Å². The van der Waals surface area contributed by atoms with E-state index in [1.165, 1.54) is 33.4 Å². The number of nitrogens with zero attached hydrogens (tertiary/aromatic N) is 2. The minimum atomic E-state index is 0. The Bertz CT molecular complexity index is 948. The van der Waals surface area contributed by atoms with Crippen LogP contribution in [0, 0.1) is 0 Å². The van der Waals surface area contributed by atoms with Gasteiger partial charge in [-0.3, -0.25) is 9.80 Å². The molecule has 0 bridgehead atoms. The molecule has 2 heterocycles. The minimum absolute atomic E-state index is 0. The van der Waals surface area contributed by atoms with Crippen molar-refractivity contribution < 1.29 is 0 Å². The van der Waals surface area contributed by atoms with Crippen LogP contribution in [0.2, 0.25) is 0 Å². The van der Waals surface area contributed by atoms with E-state index in [-0.39, 0.29) is 12.4 Å². The highest BCUT2D eigenvalue weighted by molar-refractivity contribution is 5.85. The highest BCUT2D eigenvalue weighted by Crippen LogP contribution is 2.35. The van der Waals surface area contributed by atoms with Gasteiger partial charge in [0.05, 0.1) is 0 Å². The molecule has 3 aromatic carbocycles. The minimum Gasteiger partial charge on any atom is -0.299 e. The Labute approximate surface area is 193 Å². The second kappa shape index (κ2) is 9.56. The average Bonchev–Trinajstić information content (AvgIpc) is 2.78. The molecule has 31 heavy (non-hydrogen) atoms. The molecular weight excluding hydrogens is 400 g/mol. The van der Waals surface area contributed by atoms with Crippen molar-refractivity contribution in [2.75, 3.05) is 27.2 Å². The van der Waals surface area contributed by atoms with E-state index in [0.717, 1.165) is 38.8 Å². The maximum Gasteiger partial charge on any atom is 0.0388 e. The van der Waals surface area contributed by atoms with Crippen LogP contribution in [0.25, 0.3) is 0 Å². The number of halogens is 1. The molecule has 0 saturated carbocycles. The summed E-state index contributed by atoms with van der Waals surface area (Å²) in [6.07, 6.45) is 4.49. The molecule has 2 unspecified atom stereocenters. The summed E-state index contributed by atoms with van der Waals surface area (Å²) in [6, 6.07) is 28.1. The molecule has 0 N–H and O–H groups in total. The van der Waals surface area contributed by atoms with Gasteiger partial charge in [0.15, 0.2) is 0 Å². The highest BCUT2D eigenvalue weighted by atomic mass is 35.5. The Morgan fingerprint density at radius 1 is 0.613 bits per heavy atom. The van der Waals surface area contributed by atoms with Gasteiger partial charge >= 0.3 is 0 Å². The van der Waals surface area contributed by atoms with Crippen LogP contribution >= 0.6 is 12.4 Å². The van der Waals surface area contributed by atoms with Crippen LogP contribution < -0.4 is 0 Å². The molecule has 0 radical (unpaired) electrons. The van der Waals surface area contributed by atoms with Crippen LogP contribution in [-0.2, 0) is 25.7 Å². The maximum atomic E-state index is 2.54. The van der Waals surface area contributed by atoms with Gasteiger partial charge in [-0.25, -0.2) is 0 Å². The monoisotopic (exact) mass is 432 g/mol. The second-order valence-corrected chi connectivity index (χ2v) is 9.07.